The van der Waals surface area contributed by atoms with Gasteiger partial charge in [-0.3, -0.25) is 13.9 Å². The molecule has 0 aliphatic rings. The maximum atomic E-state index is 13.4. The molecule has 33 heavy (non-hydrogen) atoms. The van der Waals surface area contributed by atoms with Gasteiger partial charge in [0.2, 0.25) is 21.8 Å². The molecular weight excluding hydrogens is 445 g/mol. The molecule has 1 N–H and O–H groups in total. The second-order valence-corrected chi connectivity index (χ2v) is 10.5. The molecule has 0 saturated carbocycles. The van der Waals surface area contributed by atoms with Crippen molar-refractivity contribution in [3.63, 3.8) is 0 Å². The first kappa shape index (κ1) is 26.3. The van der Waals surface area contributed by atoms with Crippen molar-refractivity contribution in [2.45, 2.75) is 53.2 Å². The van der Waals surface area contributed by atoms with Crippen molar-refractivity contribution >= 4 is 27.5 Å². The molecule has 2 amide bonds. The Morgan fingerprint density at radius 1 is 1.03 bits per heavy atom. The number of carbonyl (C=O) groups excluding carboxylic acids is 2. The summed E-state index contributed by atoms with van der Waals surface area (Å²) in [4.78, 5) is 27.5. The summed E-state index contributed by atoms with van der Waals surface area (Å²) < 4.78 is 39.7. The minimum atomic E-state index is -3.79. The summed E-state index contributed by atoms with van der Waals surface area (Å²) in [6.07, 6.45) is 1.04. The molecule has 0 aliphatic carbocycles. The maximum absolute atomic E-state index is 13.4. The number of nitrogens with zero attached hydrogens (tertiary/aromatic N) is 2. The summed E-state index contributed by atoms with van der Waals surface area (Å²) in [5.41, 5.74) is 2.58. The lowest BCUT2D eigenvalue weighted by Gasteiger charge is -2.32. The molecule has 180 valence electrons. The molecule has 0 aliphatic heterocycles. The molecule has 0 fully saturated rings. The molecule has 0 aromatic heterocycles. The van der Waals surface area contributed by atoms with Crippen LogP contribution in [-0.2, 0) is 26.2 Å². The standard InChI is InChI=1S/C24H32FN3O4S/c1-16(2)26-24(30)19(5)27(14-20-9-11-21(25)12-10-20)23(29)15-28(33(6,31)32)22-13-17(3)7-8-18(22)4/h7-13,16,19H,14-15H2,1-6H3,(H,26,30)/t19-/m0/s1. The van der Waals surface area contributed by atoms with E-state index >= 15 is 0 Å². The average Bonchev–Trinajstić information content (AvgIpc) is 2.71. The smallest absolute Gasteiger partial charge is 0.244 e. The fraction of sp³-hybridized carbons (Fsp3) is 0.417. The fourth-order valence-corrected chi connectivity index (χ4v) is 4.26. The molecule has 2 rings (SSSR count). The van der Waals surface area contributed by atoms with Gasteiger partial charge in [0.05, 0.1) is 11.9 Å². The quantitative estimate of drug-likeness (QED) is 0.601. The van der Waals surface area contributed by atoms with Crippen molar-refractivity contribution in [1.29, 1.82) is 0 Å². The summed E-state index contributed by atoms with van der Waals surface area (Å²) in [6, 6.07) is 9.97. The van der Waals surface area contributed by atoms with Crippen LogP contribution in [0.25, 0.3) is 0 Å². The lowest BCUT2D eigenvalue weighted by molar-refractivity contribution is -0.139. The first-order valence-electron chi connectivity index (χ1n) is 10.7. The summed E-state index contributed by atoms with van der Waals surface area (Å²) in [7, 11) is -3.79. The number of aryl methyl sites for hydroxylation is 2. The zero-order valence-corrected chi connectivity index (χ0v) is 20.7. The number of hydrogen-bond donors (Lipinski definition) is 1. The predicted octanol–water partition coefficient (Wildman–Crippen LogP) is 3.15. The first-order chi connectivity index (χ1) is 15.3. The lowest BCUT2D eigenvalue weighted by atomic mass is 10.1. The van der Waals surface area contributed by atoms with E-state index in [4.69, 9.17) is 0 Å². The number of anilines is 1. The highest BCUT2D eigenvalue weighted by Crippen LogP contribution is 2.24. The normalized spacial score (nSPS) is 12.4. The number of nitrogens with one attached hydrogen (secondary N) is 1. The molecular formula is C24H32FN3O4S. The van der Waals surface area contributed by atoms with Crippen molar-refractivity contribution in [1.82, 2.24) is 10.2 Å². The van der Waals surface area contributed by atoms with Gasteiger partial charge in [0.1, 0.15) is 18.4 Å². The first-order valence-corrected chi connectivity index (χ1v) is 12.5. The molecule has 2 aromatic rings. The molecule has 2 aromatic carbocycles. The zero-order valence-electron chi connectivity index (χ0n) is 19.9. The van der Waals surface area contributed by atoms with Gasteiger partial charge in [-0.15, -0.1) is 0 Å². The molecule has 0 spiro atoms. The lowest BCUT2D eigenvalue weighted by Crippen LogP contribution is -2.52. The largest absolute Gasteiger partial charge is 0.352 e. The highest BCUT2D eigenvalue weighted by molar-refractivity contribution is 7.92. The van der Waals surface area contributed by atoms with E-state index in [-0.39, 0.29) is 18.5 Å². The molecule has 0 heterocycles. The Kier molecular flexibility index (Phi) is 8.60. The minimum absolute atomic E-state index is 0.0240. The van der Waals surface area contributed by atoms with Gasteiger partial charge in [-0.1, -0.05) is 24.3 Å². The zero-order chi connectivity index (χ0) is 24.9. The number of hydrogen-bond acceptors (Lipinski definition) is 4. The van der Waals surface area contributed by atoms with Crippen molar-refractivity contribution in [2.75, 3.05) is 17.1 Å². The minimum Gasteiger partial charge on any atom is -0.352 e. The molecule has 1 atom stereocenters. The van der Waals surface area contributed by atoms with Crippen LogP contribution in [0.1, 0.15) is 37.5 Å². The Hall–Kier alpha value is -2.94. The van der Waals surface area contributed by atoms with Crippen LogP contribution in [0.5, 0.6) is 0 Å². The van der Waals surface area contributed by atoms with Crippen LogP contribution >= 0.6 is 0 Å². The monoisotopic (exact) mass is 477 g/mol. The second-order valence-electron chi connectivity index (χ2n) is 8.55. The van der Waals surface area contributed by atoms with E-state index in [1.54, 1.807) is 26.0 Å². The Balaban J connectivity index is 2.42. The number of rotatable bonds is 9. The topological polar surface area (TPSA) is 86.8 Å². The summed E-state index contributed by atoms with van der Waals surface area (Å²) in [5.74, 6) is -1.32. The van der Waals surface area contributed by atoms with E-state index in [9.17, 15) is 22.4 Å². The second kappa shape index (κ2) is 10.8. The van der Waals surface area contributed by atoms with E-state index in [1.807, 2.05) is 26.8 Å². The molecule has 0 unspecified atom stereocenters. The van der Waals surface area contributed by atoms with Crippen molar-refractivity contribution in [3.8, 4) is 0 Å². The van der Waals surface area contributed by atoms with Gasteiger partial charge in [0.15, 0.2) is 0 Å². The molecule has 0 saturated heterocycles. The summed E-state index contributed by atoms with van der Waals surface area (Å²) >= 11 is 0. The van der Waals surface area contributed by atoms with E-state index in [2.05, 4.69) is 5.32 Å². The molecule has 7 nitrogen and oxygen atoms in total. The van der Waals surface area contributed by atoms with E-state index in [1.165, 1.54) is 29.2 Å². The van der Waals surface area contributed by atoms with Crippen molar-refractivity contribution in [2.24, 2.45) is 0 Å². The van der Waals surface area contributed by atoms with Crippen LogP contribution < -0.4 is 9.62 Å². The average molecular weight is 478 g/mol. The van der Waals surface area contributed by atoms with Crippen LogP contribution in [0.15, 0.2) is 42.5 Å². The maximum Gasteiger partial charge on any atom is 0.244 e. The third-order valence-corrected chi connectivity index (χ3v) is 6.30. The number of sulfonamides is 1. The van der Waals surface area contributed by atoms with Crippen molar-refractivity contribution in [3.05, 3.63) is 65.0 Å². The van der Waals surface area contributed by atoms with Gasteiger partial charge in [0.25, 0.3) is 0 Å². The van der Waals surface area contributed by atoms with E-state index in [0.717, 1.165) is 16.1 Å². The Morgan fingerprint density at radius 3 is 2.18 bits per heavy atom. The van der Waals surface area contributed by atoms with Gasteiger partial charge in [-0.05, 0) is 69.5 Å². The SMILES string of the molecule is Cc1ccc(C)c(N(CC(=O)N(Cc2ccc(F)cc2)[C@@H](C)C(=O)NC(C)C)S(C)(=O)=O)c1. The van der Waals surface area contributed by atoms with Gasteiger partial charge < -0.3 is 10.2 Å². The third-order valence-electron chi connectivity index (χ3n) is 5.18. The van der Waals surface area contributed by atoms with Crippen LogP contribution in [0.2, 0.25) is 0 Å². The fourth-order valence-electron chi connectivity index (χ4n) is 3.36. The van der Waals surface area contributed by atoms with Crippen LogP contribution in [0.3, 0.4) is 0 Å². The number of halogens is 1. The van der Waals surface area contributed by atoms with Crippen molar-refractivity contribution < 1.29 is 22.4 Å². The van der Waals surface area contributed by atoms with Crippen LogP contribution in [0.4, 0.5) is 10.1 Å². The highest BCUT2D eigenvalue weighted by atomic mass is 32.2. The Morgan fingerprint density at radius 2 is 1.64 bits per heavy atom. The third kappa shape index (κ3) is 7.28. The Labute approximate surface area is 195 Å². The summed E-state index contributed by atoms with van der Waals surface area (Å²) in [5, 5.41) is 2.78. The van der Waals surface area contributed by atoms with E-state index in [0.29, 0.717) is 16.8 Å². The predicted molar refractivity (Wildman–Crippen MR) is 128 cm³/mol. The molecule has 9 heteroatoms. The van der Waals surface area contributed by atoms with Gasteiger partial charge in [-0.2, -0.15) is 0 Å². The van der Waals surface area contributed by atoms with Gasteiger partial charge in [-0.25, -0.2) is 12.8 Å². The van der Waals surface area contributed by atoms with Crippen LogP contribution in [0, 0.1) is 19.7 Å². The number of amides is 2. The number of carbonyl (C=O) groups is 2. The Bertz CT molecular complexity index is 1100. The number of benzene rings is 2. The molecule has 0 radical (unpaired) electrons. The van der Waals surface area contributed by atoms with Gasteiger partial charge >= 0.3 is 0 Å². The van der Waals surface area contributed by atoms with Crippen LogP contribution in [-0.4, -0.2) is 50.0 Å². The van der Waals surface area contributed by atoms with Gasteiger partial charge in [0, 0.05) is 12.6 Å². The molecule has 0 bridgehead atoms. The van der Waals surface area contributed by atoms with E-state index < -0.39 is 34.3 Å². The summed E-state index contributed by atoms with van der Waals surface area (Å²) in [6.45, 7) is 8.36. The highest BCUT2D eigenvalue weighted by Gasteiger charge is 2.30.